The molecule has 4 atom stereocenters. The predicted octanol–water partition coefficient (Wildman–Crippen LogP) is 1.61. The number of nitrogens with zero attached hydrogens (tertiary/aromatic N) is 2. The number of hydrogen-bond acceptors (Lipinski definition) is 6. The minimum atomic E-state index is -2.78. The Morgan fingerprint density at radius 2 is 2.36 bits per heavy atom. The average molecular weight is 347 g/mol. The van der Waals surface area contributed by atoms with Crippen LogP contribution >= 0.6 is 6.49 Å². The molecule has 1 fully saturated rings. The third kappa shape index (κ3) is 3.94. The van der Waals surface area contributed by atoms with Gasteiger partial charge in [-0.1, -0.05) is 6.92 Å². The molecule has 0 spiro atoms. The third-order valence-electron chi connectivity index (χ3n) is 3.60. The Hall–Kier alpha value is -0.790. The van der Waals surface area contributed by atoms with Crippen molar-refractivity contribution in [3.05, 3.63) is 22.2 Å². The van der Waals surface area contributed by atoms with E-state index in [-0.39, 0.29) is 17.9 Å². The highest BCUT2D eigenvalue weighted by Gasteiger charge is 2.38. The lowest BCUT2D eigenvalue weighted by Gasteiger charge is -2.20. The lowest BCUT2D eigenvalue weighted by atomic mass is 10.1. The van der Waals surface area contributed by atoms with E-state index in [9.17, 15) is 9.69 Å². The monoisotopic (exact) mass is 347 g/mol. The first-order chi connectivity index (χ1) is 10.2. The quantitative estimate of drug-likeness (QED) is 0.783. The van der Waals surface area contributed by atoms with Gasteiger partial charge in [0.2, 0.25) is 0 Å². The summed E-state index contributed by atoms with van der Waals surface area (Å²) in [4.78, 5) is 25.9. The Kier molecular flexibility index (Phi) is 5.40. The SMILES string of the molecule is CC[C@H]1O[C@@H](n2cc(C)c(NC)nc2=O)C[C@H]1OP(C)(O)=S. The molecule has 22 heavy (non-hydrogen) atoms. The number of nitrogens with one attached hydrogen (secondary N) is 1. The topological polar surface area (TPSA) is 85.6 Å². The first-order valence-corrected chi connectivity index (χ1v) is 10.3. The summed E-state index contributed by atoms with van der Waals surface area (Å²) in [5, 5.41) is 2.88. The highest BCUT2D eigenvalue weighted by Crippen LogP contribution is 2.44. The summed E-state index contributed by atoms with van der Waals surface area (Å²) in [6.07, 6.45) is 1.93. The molecule has 1 aliphatic rings. The fourth-order valence-corrected chi connectivity index (χ4v) is 3.68. The van der Waals surface area contributed by atoms with Gasteiger partial charge in [-0.05, 0) is 25.2 Å². The molecule has 124 valence electrons. The van der Waals surface area contributed by atoms with Crippen LogP contribution in [0.3, 0.4) is 0 Å². The van der Waals surface area contributed by atoms with Crippen LogP contribution in [0.15, 0.2) is 11.0 Å². The van der Waals surface area contributed by atoms with Gasteiger partial charge in [0, 0.05) is 31.9 Å². The summed E-state index contributed by atoms with van der Waals surface area (Å²) in [5.74, 6) is 0.554. The second-order valence-electron chi connectivity index (χ2n) is 5.43. The van der Waals surface area contributed by atoms with Crippen molar-refractivity contribution >= 4 is 24.1 Å². The predicted molar refractivity (Wildman–Crippen MR) is 88.9 cm³/mol. The van der Waals surface area contributed by atoms with Crippen LogP contribution < -0.4 is 11.0 Å². The van der Waals surface area contributed by atoms with Crippen molar-refractivity contribution in [2.75, 3.05) is 19.0 Å². The summed E-state index contributed by atoms with van der Waals surface area (Å²) < 4.78 is 13.0. The molecule has 0 aliphatic carbocycles. The zero-order chi connectivity index (χ0) is 16.5. The van der Waals surface area contributed by atoms with E-state index in [1.165, 1.54) is 11.2 Å². The van der Waals surface area contributed by atoms with Crippen LogP contribution in [0.25, 0.3) is 0 Å². The van der Waals surface area contributed by atoms with Crippen LogP contribution in [0.1, 0.15) is 31.6 Å². The molecule has 0 saturated carbocycles. The summed E-state index contributed by atoms with van der Waals surface area (Å²) >= 11 is 4.96. The van der Waals surface area contributed by atoms with Crippen molar-refractivity contribution in [2.24, 2.45) is 0 Å². The van der Waals surface area contributed by atoms with Gasteiger partial charge in [-0.15, -0.1) is 0 Å². The molecule has 2 heterocycles. The van der Waals surface area contributed by atoms with Crippen LogP contribution in [-0.2, 0) is 21.1 Å². The number of rotatable bonds is 5. The number of aromatic nitrogens is 2. The van der Waals surface area contributed by atoms with Crippen molar-refractivity contribution in [3.8, 4) is 0 Å². The number of anilines is 1. The highest BCUT2D eigenvalue weighted by atomic mass is 32.5. The number of hydrogen-bond donors (Lipinski definition) is 2. The van der Waals surface area contributed by atoms with Gasteiger partial charge in [0.25, 0.3) is 0 Å². The maximum absolute atomic E-state index is 12.2. The molecule has 9 heteroatoms. The van der Waals surface area contributed by atoms with Crippen molar-refractivity contribution in [1.29, 1.82) is 0 Å². The van der Waals surface area contributed by atoms with Crippen LogP contribution in [0.5, 0.6) is 0 Å². The molecule has 2 rings (SSSR count). The van der Waals surface area contributed by atoms with Crippen molar-refractivity contribution in [2.45, 2.75) is 45.1 Å². The molecule has 0 radical (unpaired) electrons. The summed E-state index contributed by atoms with van der Waals surface area (Å²) in [6.45, 7) is 2.58. The lowest BCUT2D eigenvalue weighted by molar-refractivity contribution is -0.0178. The van der Waals surface area contributed by atoms with Crippen LogP contribution in [0, 0.1) is 6.92 Å². The molecule has 2 N–H and O–H groups in total. The molecule has 1 unspecified atom stereocenters. The first-order valence-electron chi connectivity index (χ1n) is 7.16. The highest BCUT2D eigenvalue weighted by molar-refractivity contribution is 8.09. The van der Waals surface area contributed by atoms with Gasteiger partial charge in [0.15, 0.2) is 6.49 Å². The van der Waals surface area contributed by atoms with Crippen molar-refractivity contribution in [1.82, 2.24) is 9.55 Å². The van der Waals surface area contributed by atoms with Gasteiger partial charge in [-0.2, -0.15) is 4.98 Å². The fraction of sp³-hybridized carbons (Fsp3) is 0.692. The number of aryl methyl sites for hydroxylation is 1. The van der Waals surface area contributed by atoms with E-state index in [4.69, 9.17) is 21.1 Å². The van der Waals surface area contributed by atoms with Crippen molar-refractivity contribution in [3.63, 3.8) is 0 Å². The largest absolute Gasteiger partial charge is 0.373 e. The Labute approximate surface area is 134 Å². The normalized spacial score (nSPS) is 27.6. The van der Waals surface area contributed by atoms with Gasteiger partial charge in [0.1, 0.15) is 12.0 Å². The van der Waals surface area contributed by atoms with E-state index in [1.807, 2.05) is 13.8 Å². The van der Waals surface area contributed by atoms with Gasteiger partial charge < -0.3 is 19.5 Å². The molecule has 7 nitrogen and oxygen atoms in total. The lowest BCUT2D eigenvalue weighted by Crippen LogP contribution is -2.28. The van der Waals surface area contributed by atoms with E-state index in [2.05, 4.69) is 10.3 Å². The van der Waals surface area contributed by atoms with Gasteiger partial charge in [0.05, 0.1) is 12.2 Å². The molecule has 1 aromatic heterocycles. The Balaban J connectivity index is 2.26. The van der Waals surface area contributed by atoms with E-state index >= 15 is 0 Å². The maximum Gasteiger partial charge on any atom is 0.351 e. The fourth-order valence-electron chi connectivity index (χ4n) is 2.62. The van der Waals surface area contributed by atoms with Crippen LogP contribution in [0.2, 0.25) is 0 Å². The molecule has 1 aromatic rings. The summed E-state index contributed by atoms with van der Waals surface area (Å²) in [7, 11) is 1.72. The molecular weight excluding hydrogens is 325 g/mol. The smallest absolute Gasteiger partial charge is 0.351 e. The van der Waals surface area contributed by atoms with Gasteiger partial charge >= 0.3 is 5.69 Å². The molecule has 0 bridgehead atoms. The summed E-state index contributed by atoms with van der Waals surface area (Å²) in [6, 6.07) is 0. The van der Waals surface area contributed by atoms with E-state index in [0.717, 1.165) is 5.56 Å². The Morgan fingerprint density at radius 3 is 2.91 bits per heavy atom. The molecular formula is C13H22N3O4PS. The minimum absolute atomic E-state index is 0.199. The average Bonchev–Trinajstić information content (AvgIpc) is 2.81. The molecule has 1 aliphatic heterocycles. The maximum atomic E-state index is 12.2. The number of ether oxygens (including phenoxy) is 1. The zero-order valence-electron chi connectivity index (χ0n) is 13.1. The first kappa shape index (κ1) is 17.6. The van der Waals surface area contributed by atoms with Crippen LogP contribution in [-0.4, -0.2) is 40.4 Å². The zero-order valence-corrected chi connectivity index (χ0v) is 14.9. The van der Waals surface area contributed by atoms with E-state index < -0.39 is 12.7 Å². The molecule has 0 amide bonds. The van der Waals surface area contributed by atoms with Crippen LogP contribution in [0.4, 0.5) is 5.82 Å². The Morgan fingerprint density at radius 1 is 1.68 bits per heavy atom. The minimum Gasteiger partial charge on any atom is -0.373 e. The van der Waals surface area contributed by atoms with Gasteiger partial charge in [-0.3, -0.25) is 4.57 Å². The second kappa shape index (κ2) is 6.76. The molecule has 1 saturated heterocycles. The Bertz CT molecular complexity index is 645. The standard InChI is InChI=1S/C13H22N3O4PS/c1-5-9-10(20-21(4,18)22)6-11(19-9)16-7-8(2)12(14-3)15-13(16)17/h7,9-11H,5-6H2,1-4H3,(H,18,22)(H,14,15,17)/t9-,10-,11-,21?/m1/s1. The molecule has 0 aromatic carbocycles. The van der Waals surface area contributed by atoms with E-state index in [1.54, 1.807) is 13.2 Å². The second-order valence-corrected chi connectivity index (χ2v) is 9.28. The third-order valence-corrected chi connectivity index (χ3v) is 4.52. The summed E-state index contributed by atoms with van der Waals surface area (Å²) in [5.41, 5.74) is 0.473. The van der Waals surface area contributed by atoms with Crippen molar-refractivity contribution < 1.29 is 14.2 Å². The van der Waals surface area contributed by atoms with E-state index in [0.29, 0.717) is 18.7 Å². The van der Waals surface area contributed by atoms with Gasteiger partial charge in [-0.25, -0.2) is 4.79 Å².